The van der Waals surface area contributed by atoms with Gasteiger partial charge in [0.1, 0.15) is 22.8 Å². The molecule has 1 N–H and O–H groups in total. The molecule has 0 radical (unpaired) electrons. The minimum atomic E-state index is -0.649. The fourth-order valence-electron chi connectivity index (χ4n) is 3.33. The van der Waals surface area contributed by atoms with E-state index in [1.54, 1.807) is 30.5 Å². The van der Waals surface area contributed by atoms with E-state index in [0.717, 1.165) is 6.07 Å². The molecule has 31 heavy (non-hydrogen) atoms. The number of benzene rings is 3. The summed E-state index contributed by atoms with van der Waals surface area (Å²) in [5, 5.41) is 2.67. The van der Waals surface area contributed by atoms with Crippen LogP contribution in [0.2, 0.25) is 0 Å². The highest BCUT2D eigenvalue weighted by molar-refractivity contribution is 6.14. The maximum atomic E-state index is 14.7. The van der Waals surface area contributed by atoms with Gasteiger partial charge in [-0.25, -0.2) is 8.78 Å². The molecule has 154 valence electrons. The number of hydrogen-bond donors (Lipinski definition) is 1. The van der Waals surface area contributed by atoms with Crippen molar-refractivity contribution in [3.05, 3.63) is 96.1 Å². The Balaban J connectivity index is 1.62. The minimum Gasteiger partial charge on any atom is -0.456 e. The van der Waals surface area contributed by atoms with Gasteiger partial charge in [0.2, 0.25) is 0 Å². The fourth-order valence-corrected chi connectivity index (χ4v) is 3.33. The second-order valence-corrected chi connectivity index (χ2v) is 6.79. The van der Waals surface area contributed by atoms with E-state index >= 15 is 0 Å². The van der Waals surface area contributed by atoms with Crippen LogP contribution in [-0.2, 0) is 0 Å². The number of nitrogens with one attached hydrogen (secondary N) is 1. The first kappa shape index (κ1) is 20.2. The number of anilines is 1. The first-order valence-electron chi connectivity index (χ1n) is 9.55. The zero-order valence-electron chi connectivity index (χ0n) is 16.7. The third-order valence-electron chi connectivity index (χ3n) is 4.76. The number of carbonyl (C=O) groups excluding carboxylic acids is 1. The first-order valence-corrected chi connectivity index (χ1v) is 9.55. The van der Waals surface area contributed by atoms with Crippen molar-refractivity contribution >= 4 is 34.7 Å². The van der Waals surface area contributed by atoms with E-state index in [1.807, 2.05) is 13.0 Å². The molecule has 0 fully saturated rings. The van der Waals surface area contributed by atoms with E-state index in [4.69, 9.17) is 4.42 Å². The third kappa shape index (κ3) is 3.88. The predicted octanol–water partition coefficient (Wildman–Crippen LogP) is 6.69. The Kier molecular flexibility index (Phi) is 5.45. The first-order chi connectivity index (χ1) is 15.0. The van der Waals surface area contributed by atoms with Gasteiger partial charge in [-0.05, 0) is 49.4 Å². The molecule has 0 saturated carbocycles. The molecule has 1 amide bonds. The van der Waals surface area contributed by atoms with Crippen LogP contribution < -0.4 is 5.32 Å². The van der Waals surface area contributed by atoms with Crippen LogP contribution in [0.4, 0.5) is 14.5 Å². The van der Waals surface area contributed by atoms with Crippen LogP contribution in [0.1, 0.15) is 22.8 Å². The number of aliphatic imine (C=N–C) groups is 1. The molecule has 0 spiro atoms. The molecule has 2 aromatic heterocycles. The van der Waals surface area contributed by atoms with Gasteiger partial charge in [-0.2, -0.15) is 0 Å². The maximum absolute atomic E-state index is 14.7. The number of amides is 1. The van der Waals surface area contributed by atoms with Gasteiger partial charge in [0.15, 0.2) is 0 Å². The summed E-state index contributed by atoms with van der Waals surface area (Å²) in [6.07, 6.45) is 5.13. The molecule has 4 rings (SSSR count). The SMILES string of the molecule is C=C(/N=C\C=C/C)c1c(C(=O)Nc2ccc(-c3ccccc3F)c(F)c2)c2ccc1o2. The summed E-state index contributed by atoms with van der Waals surface area (Å²) < 4.78 is 34.3. The van der Waals surface area contributed by atoms with E-state index in [-0.39, 0.29) is 22.4 Å². The average molecular weight is 416 g/mol. The number of halogens is 2. The number of allylic oxidation sites excluding steroid dienone is 2. The summed E-state index contributed by atoms with van der Waals surface area (Å²) >= 11 is 0. The highest BCUT2D eigenvalue weighted by Crippen LogP contribution is 2.35. The van der Waals surface area contributed by atoms with Gasteiger partial charge in [-0.3, -0.25) is 9.79 Å². The molecule has 0 atom stereocenters. The van der Waals surface area contributed by atoms with Gasteiger partial charge in [0, 0.05) is 23.0 Å². The van der Waals surface area contributed by atoms with Crippen molar-refractivity contribution in [2.24, 2.45) is 4.99 Å². The monoisotopic (exact) mass is 416 g/mol. The second-order valence-electron chi connectivity index (χ2n) is 6.79. The van der Waals surface area contributed by atoms with Crippen molar-refractivity contribution in [3.8, 4) is 11.1 Å². The topological polar surface area (TPSA) is 54.6 Å². The average Bonchev–Trinajstić information content (AvgIpc) is 3.36. The van der Waals surface area contributed by atoms with Gasteiger partial charge in [-0.1, -0.05) is 30.9 Å². The van der Waals surface area contributed by atoms with E-state index in [9.17, 15) is 13.6 Å². The Labute approximate surface area is 177 Å². The van der Waals surface area contributed by atoms with Gasteiger partial charge >= 0.3 is 0 Å². The summed E-state index contributed by atoms with van der Waals surface area (Å²) in [5.74, 6) is -1.65. The zero-order chi connectivity index (χ0) is 22.0. The lowest BCUT2D eigenvalue weighted by atomic mass is 10.0. The lowest BCUT2D eigenvalue weighted by Gasteiger charge is -2.10. The molecule has 0 saturated heterocycles. The van der Waals surface area contributed by atoms with Crippen LogP contribution in [0.15, 0.2) is 82.7 Å². The summed E-state index contributed by atoms with van der Waals surface area (Å²) in [4.78, 5) is 17.2. The number of hydrogen-bond acceptors (Lipinski definition) is 3. The van der Waals surface area contributed by atoms with Gasteiger partial charge in [0.05, 0.1) is 16.8 Å². The maximum Gasteiger partial charge on any atom is 0.260 e. The standard InChI is InChI=1S/C25H18F2N2O2/c1-3-4-13-28-15(2)23-21-11-12-22(31-21)24(23)25(30)29-16-9-10-18(20(27)14-16)17-7-5-6-8-19(17)26/h3-14H,2H2,1H3,(H,29,30)/b4-3-,28-13-. The fraction of sp³-hybridized carbons (Fsp3) is 0.0400. The van der Waals surface area contributed by atoms with Crippen LogP contribution >= 0.6 is 0 Å². The van der Waals surface area contributed by atoms with Gasteiger partial charge in [-0.15, -0.1) is 0 Å². The quantitative estimate of drug-likeness (QED) is 0.356. The molecule has 6 heteroatoms. The Morgan fingerprint density at radius 1 is 1.00 bits per heavy atom. The second kappa shape index (κ2) is 8.36. The van der Waals surface area contributed by atoms with Gasteiger partial charge < -0.3 is 9.73 Å². The van der Waals surface area contributed by atoms with E-state index < -0.39 is 17.5 Å². The molecule has 0 aliphatic rings. The Bertz CT molecular complexity index is 1330. The number of carbonyl (C=O) groups is 1. The molecule has 2 aromatic carbocycles. The van der Waals surface area contributed by atoms with Crippen LogP contribution in [0, 0.1) is 11.6 Å². The summed E-state index contributed by atoms with van der Waals surface area (Å²) in [6.45, 7) is 5.78. The molecule has 2 bridgehead atoms. The minimum absolute atomic E-state index is 0.110. The largest absolute Gasteiger partial charge is 0.456 e. The third-order valence-corrected chi connectivity index (χ3v) is 4.76. The van der Waals surface area contributed by atoms with Crippen molar-refractivity contribution in [3.63, 3.8) is 0 Å². The van der Waals surface area contributed by atoms with Crippen molar-refractivity contribution in [2.45, 2.75) is 6.92 Å². The summed E-state index contributed by atoms with van der Waals surface area (Å²) in [7, 11) is 0. The Morgan fingerprint density at radius 3 is 2.42 bits per heavy atom. The van der Waals surface area contributed by atoms with Crippen LogP contribution in [0.25, 0.3) is 28.0 Å². The van der Waals surface area contributed by atoms with Crippen molar-refractivity contribution < 1.29 is 18.0 Å². The molecule has 0 aliphatic heterocycles. The number of nitrogens with zero attached hydrogens (tertiary/aromatic N) is 1. The molecular weight excluding hydrogens is 398 g/mol. The van der Waals surface area contributed by atoms with Crippen molar-refractivity contribution in [1.82, 2.24) is 0 Å². The normalized spacial score (nSPS) is 11.7. The molecule has 0 unspecified atom stereocenters. The number of furan rings is 2. The van der Waals surface area contributed by atoms with Crippen molar-refractivity contribution in [2.75, 3.05) is 5.32 Å². The highest BCUT2D eigenvalue weighted by atomic mass is 19.1. The van der Waals surface area contributed by atoms with E-state index in [1.165, 1.54) is 30.3 Å². The summed E-state index contributed by atoms with van der Waals surface area (Å²) in [6, 6.07) is 13.4. The van der Waals surface area contributed by atoms with Crippen molar-refractivity contribution in [1.29, 1.82) is 0 Å². The molecular formula is C25H18F2N2O2. The Hall–Kier alpha value is -4.06. The molecule has 4 nitrogen and oxygen atoms in total. The van der Waals surface area contributed by atoms with Gasteiger partial charge in [0.25, 0.3) is 5.91 Å². The zero-order valence-corrected chi connectivity index (χ0v) is 16.7. The predicted molar refractivity (Wildman–Crippen MR) is 119 cm³/mol. The van der Waals surface area contributed by atoms with Crippen LogP contribution in [0.3, 0.4) is 0 Å². The molecule has 2 heterocycles. The molecule has 0 aliphatic carbocycles. The van der Waals surface area contributed by atoms with Crippen LogP contribution in [0.5, 0.6) is 0 Å². The molecule has 4 aromatic rings. The Morgan fingerprint density at radius 2 is 1.71 bits per heavy atom. The van der Waals surface area contributed by atoms with Crippen LogP contribution in [-0.4, -0.2) is 12.1 Å². The lowest BCUT2D eigenvalue weighted by Crippen LogP contribution is -2.13. The van der Waals surface area contributed by atoms with E-state index in [0.29, 0.717) is 22.4 Å². The number of rotatable bonds is 6. The highest BCUT2D eigenvalue weighted by Gasteiger charge is 2.24. The summed E-state index contributed by atoms with van der Waals surface area (Å²) in [5.41, 5.74) is 2.50. The number of fused-ring (bicyclic) bond motifs is 2. The van der Waals surface area contributed by atoms with E-state index in [2.05, 4.69) is 16.9 Å². The lowest BCUT2D eigenvalue weighted by molar-refractivity contribution is 0.102. The smallest absolute Gasteiger partial charge is 0.260 e.